The van der Waals surface area contributed by atoms with Crippen LogP contribution in [-0.2, 0) is 51.8 Å². The van der Waals surface area contributed by atoms with Gasteiger partial charge in [-0.15, -0.1) is 0 Å². The second-order valence-electron chi connectivity index (χ2n) is 10.4. The molecule has 0 aliphatic carbocycles. The van der Waals surface area contributed by atoms with Gasteiger partial charge in [-0.05, 0) is 18.1 Å². The Hall–Kier alpha value is 0.257. The van der Waals surface area contributed by atoms with E-state index in [1.165, 1.54) is 0 Å². The Morgan fingerprint density at radius 2 is 0.561 bits per heavy atom. The summed E-state index contributed by atoms with van der Waals surface area (Å²) in [6.45, 7) is 22.9. The lowest BCUT2D eigenvalue weighted by Crippen LogP contribution is -2.41. The van der Waals surface area contributed by atoms with Crippen molar-refractivity contribution in [2.24, 2.45) is 0 Å². The molecule has 11 nitrogen and oxygen atoms in total. The third kappa shape index (κ3) is 30.1. The average Bonchev–Trinajstić information content (AvgIpc) is 2.93. The van der Waals surface area contributed by atoms with Gasteiger partial charge < -0.3 is 51.8 Å². The summed E-state index contributed by atoms with van der Waals surface area (Å²) in [6.07, 6.45) is 0. The van der Waals surface area contributed by atoms with Gasteiger partial charge in [0.05, 0.1) is 139 Å². The summed E-state index contributed by atoms with van der Waals surface area (Å²) < 4.78 is 60.7. The molecule has 0 saturated carbocycles. The maximum absolute atomic E-state index is 6.07. The largest absolute Gasteiger partial charge is 0.414 e. The van der Waals surface area contributed by atoms with Crippen molar-refractivity contribution in [2.75, 3.05) is 144 Å². The van der Waals surface area contributed by atoms with Crippen LogP contribution in [0.15, 0.2) is 0 Å². The SMILES string of the molecule is CC(C)(C)[Si](C)(C)OCCOCCOCCOCCOCCOCCOCCOCCOCCOCCOCCBr. The highest BCUT2D eigenvalue weighted by Crippen LogP contribution is 2.36. The number of hydrogen-bond acceptors (Lipinski definition) is 11. The van der Waals surface area contributed by atoms with Gasteiger partial charge in [0, 0.05) is 5.33 Å². The Morgan fingerprint density at radius 1 is 0.366 bits per heavy atom. The van der Waals surface area contributed by atoms with Crippen LogP contribution in [0, 0.1) is 0 Å². The number of alkyl halides is 1. The zero-order valence-corrected chi connectivity index (χ0v) is 29.0. The Balaban J connectivity index is 3.12. The molecule has 0 amide bonds. The van der Waals surface area contributed by atoms with Crippen LogP contribution in [0.3, 0.4) is 0 Å². The van der Waals surface area contributed by atoms with E-state index in [0.717, 1.165) is 5.33 Å². The number of hydrogen-bond donors (Lipinski definition) is 0. The van der Waals surface area contributed by atoms with Crippen LogP contribution in [0.1, 0.15) is 20.8 Å². The second-order valence-corrected chi connectivity index (χ2v) is 16.0. The molecule has 0 aliphatic heterocycles. The van der Waals surface area contributed by atoms with Gasteiger partial charge in [-0.2, -0.15) is 0 Å². The summed E-state index contributed by atoms with van der Waals surface area (Å²) in [6, 6.07) is 0. The lowest BCUT2D eigenvalue weighted by molar-refractivity contribution is -0.0266. The average molecular weight is 680 g/mol. The molecule has 0 atom stereocenters. The zero-order valence-electron chi connectivity index (χ0n) is 26.4. The van der Waals surface area contributed by atoms with Crippen LogP contribution in [-0.4, -0.2) is 152 Å². The van der Waals surface area contributed by atoms with Crippen molar-refractivity contribution in [3.05, 3.63) is 0 Å². The number of rotatable bonds is 33. The van der Waals surface area contributed by atoms with E-state index in [2.05, 4.69) is 49.8 Å². The predicted molar refractivity (Wildman–Crippen MR) is 165 cm³/mol. The molecule has 0 aliphatic rings. The standard InChI is InChI=1S/C28H59BrO11Si/c1-28(2,3)41(4,5)40-27-26-39-25-24-38-23-22-37-21-20-36-19-18-35-17-16-34-15-14-33-13-12-32-11-10-31-9-8-30-7-6-29/h6-27H2,1-5H3. The zero-order chi connectivity index (χ0) is 30.3. The minimum Gasteiger partial charge on any atom is -0.414 e. The van der Waals surface area contributed by atoms with Gasteiger partial charge in [0.1, 0.15) is 0 Å². The van der Waals surface area contributed by atoms with Crippen LogP contribution >= 0.6 is 15.9 Å². The quantitative estimate of drug-likeness (QED) is 0.0579. The van der Waals surface area contributed by atoms with Gasteiger partial charge in [-0.3, -0.25) is 0 Å². The van der Waals surface area contributed by atoms with Gasteiger partial charge in [-0.1, -0.05) is 36.7 Å². The lowest BCUT2D eigenvalue weighted by atomic mass is 10.2. The highest BCUT2D eigenvalue weighted by Gasteiger charge is 2.36. The molecule has 0 rings (SSSR count). The van der Waals surface area contributed by atoms with E-state index in [0.29, 0.717) is 139 Å². The highest BCUT2D eigenvalue weighted by molar-refractivity contribution is 9.09. The second kappa shape index (κ2) is 30.3. The fourth-order valence-corrected chi connectivity index (χ4v) is 3.96. The molecular weight excluding hydrogens is 620 g/mol. The molecular formula is C28H59BrO11Si. The molecule has 0 saturated heterocycles. The van der Waals surface area contributed by atoms with E-state index >= 15 is 0 Å². The molecule has 0 aromatic carbocycles. The van der Waals surface area contributed by atoms with Crippen molar-refractivity contribution in [3.8, 4) is 0 Å². The molecule has 0 N–H and O–H groups in total. The Morgan fingerprint density at radius 3 is 0.756 bits per heavy atom. The summed E-state index contributed by atoms with van der Waals surface area (Å²) in [5.74, 6) is 0. The molecule has 0 unspecified atom stereocenters. The predicted octanol–water partition coefficient (Wildman–Crippen LogP) is 3.57. The van der Waals surface area contributed by atoms with E-state index in [1.54, 1.807) is 0 Å². The molecule has 0 spiro atoms. The van der Waals surface area contributed by atoms with Gasteiger partial charge in [-0.25, -0.2) is 0 Å². The normalized spacial score (nSPS) is 12.4. The van der Waals surface area contributed by atoms with E-state index in [9.17, 15) is 0 Å². The van der Waals surface area contributed by atoms with Gasteiger partial charge in [0.25, 0.3) is 0 Å². The van der Waals surface area contributed by atoms with Gasteiger partial charge >= 0.3 is 0 Å². The number of ether oxygens (including phenoxy) is 10. The maximum Gasteiger partial charge on any atom is 0.192 e. The molecule has 0 bridgehead atoms. The first-order chi connectivity index (χ1) is 19.8. The molecule has 0 radical (unpaired) electrons. The minimum atomic E-state index is -1.69. The summed E-state index contributed by atoms with van der Waals surface area (Å²) in [5.41, 5.74) is 0. The summed E-state index contributed by atoms with van der Waals surface area (Å²) >= 11 is 3.30. The fraction of sp³-hybridized carbons (Fsp3) is 1.00. The third-order valence-electron chi connectivity index (χ3n) is 6.07. The third-order valence-corrected chi connectivity index (χ3v) is 10.9. The molecule has 0 heterocycles. The monoisotopic (exact) mass is 678 g/mol. The molecule has 0 aromatic heterocycles. The maximum atomic E-state index is 6.07. The summed E-state index contributed by atoms with van der Waals surface area (Å²) in [5, 5.41) is 1.06. The van der Waals surface area contributed by atoms with Crippen molar-refractivity contribution in [1.82, 2.24) is 0 Å². The van der Waals surface area contributed by atoms with E-state index < -0.39 is 8.32 Å². The van der Waals surface area contributed by atoms with Crippen LogP contribution in [0.25, 0.3) is 0 Å². The van der Waals surface area contributed by atoms with E-state index in [4.69, 9.17) is 51.8 Å². The van der Waals surface area contributed by atoms with Crippen LogP contribution in [0.5, 0.6) is 0 Å². The van der Waals surface area contributed by atoms with Crippen molar-refractivity contribution in [2.45, 2.75) is 38.9 Å². The Labute approximate surface area is 258 Å². The van der Waals surface area contributed by atoms with E-state index in [-0.39, 0.29) is 5.04 Å². The van der Waals surface area contributed by atoms with Crippen LogP contribution in [0.2, 0.25) is 18.1 Å². The molecule has 41 heavy (non-hydrogen) atoms. The molecule has 0 aromatic rings. The fourth-order valence-electron chi connectivity index (χ4n) is 2.71. The summed E-state index contributed by atoms with van der Waals surface area (Å²) in [4.78, 5) is 0. The van der Waals surface area contributed by atoms with Gasteiger partial charge in [0.2, 0.25) is 0 Å². The van der Waals surface area contributed by atoms with Crippen molar-refractivity contribution in [1.29, 1.82) is 0 Å². The van der Waals surface area contributed by atoms with Crippen molar-refractivity contribution < 1.29 is 51.8 Å². The highest BCUT2D eigenvalue weighted by atomic mass is 79.9. The topological polar surface area (TPSA) is 102 Å². The first-order valence-corrected chi connectivity index (χ1v) is 18.8. The van der Waals surface area contributed by atoms with Crippen molar-refractivity contribution >= 4 is 24.2 Å². The summed E-state index contributed by atoms with van der Waals surface area (Å²) in [7, 11) is -1.69. The lowest BCUT2D eigenvalue weighted by Gasteiger charge is -2.36. The number of halogens is 1. The van der Waals surface area contributed by atoms with Crippen LogP contribution < -0.4 is 0 Å². The van der Waals surface area contributed by atoms with Crippen molar-refractivity contribution in [3.63, 3.8) is 0 Å². The van der Waals surface area contributed by atoms with Gasteiger partial charge in [0.15, 0.2) is 8.32 Å². The molecule has 13 heteroatoms. The van der Waals surface area contributed by atoms with Crippen LogP contribution in [0.4, 0.5) is 0 Å². The molecule has 0 fully saturated rings. The Kier molecular flexibility index (Phi) is 30.5. The first kappa shape index (κ1) is 41.3. The smallest absolute Gasteiger partial charge is 0.192 e. The van der Waals surface area contributed by atoms with E-state index in [1.807, 2.05) is 0 Å². The Bertz CT molecular complexity index is 528. The first-order valence-electron chi connectivity index (χ1n) is 14.8. The molecule has 248 valence electrons. The minimum absolute atomic E-state index is 0.221.